The minimum atomic E-state index is -0.242. The van der Waals surface area contributed by atoms with Gasteiger partial charge < -0.3 is 13.9 Å². The Labute approximate surface area is 117 Å². The molecule has 3 rings (SSSR count). The fourth-order valence-electron chi connectivity index (χ4n) is 2.04. The van der Waals surface area contributed by atoms with Crippen LogP contribution in [0.5, 0.6) is 11.5 Å². The van der Waals surface area contributed by atoms with E-state index in [2.05, 4.69) is 6.92 Å². The smallest absolute Gasteiger partial charge is 0.161 e. The number of hydrogen-bond acceptors (Lipinski definition) is 3. The van der Waals surface area contributed by atoms with Crippen LogP contribution in [0.3, 0.4) is 0 Å². The summed E-state index contributed by atoms with van der Waals surface area (Å²) in [6.45, 7) is 3.44. The number of furan rings is 1. The topological polar surface area (TPSA) is 31.6 Å². The number of alkyl halides is 1. The molecule has 3 nitrogen and oxygen atoms in total. The maximum atomic E-state index is 6.43. The summed E-state index contributed by atoms with van der Waals surface area (Å²) < 4.78 is 16.5. The van der Waals surface area contributed by atoms with Gasteiger partial charge in [0.05, 0.1) is 31.1 Å². The molecule has 0 bridgehead atoms. The first-order valence-corrected chi connectivity index (χ1v) is 6.73. The first kappa shape index (κ1) is 12.4. The van der Waals surface area contributed by atoms with Crippen molar-refractivity contribution in [2.75, 3.05) is 13.2 Å². The molecule has 1 aliphatic heterocycles. The van der Waals surface area contributed by atoms with Gasteiger partial charge in [0.2, 0.25) is 0 Å². The summed E-state index contributed by atoms with van der Waals surface area (Å²) >= 11 is 6.43. The Morgan fingerprint density at radius 3 is 2.63 bits per heavy atom. The summed E-state index contributed by atoms with van der Waals surface area (Å²) in [6.07, 6.45) is 3.28. The van der Waals surface area contributed by atoms with Crippen LogP contribution in [-0.2, 0) is 0 Å². The lowest BCUT2D eigenvalue weighted by atomic mass is 10.1. The molecule has 1 aliphatic rings. The molecule has 1 aromatic heterocycles. The second-order valence-electron chi connectivity index (χ2n) is 4.85. The van der Waals surface area contributed by atoms with Crippen molar-refractivity contribution in [2.24, 2.45) is 5.92 Å². The minimum Gasteiger partial charge on any atom is -0.489 e. The van der Waals surface area contributed by atoms with E-state index >= 15 is 0 Å². The molecule has 2 aromatic rings. The maximum Gasteiger partial charge on any atom is 0.161 e. The van der Waals surface area contributed by atoms with Crippen molar-refractivity contribution >= 4 is 11.6 Å². The van der Waals surface area contributed by atoms with Gasteiger partial charge in [-0.2, -0.15) is 0 Å². The van der Waals surface area contributed by atoms with Crippen LogP contribution >= 0.6 is 11.6 Å². The molecule has 0 spiro atoms. The van der Waals surface area contributed by atoms with E-state index in [9.17, 15) is 0 Å². The maximum absolute atomic E-state index is 6.43. The molecule has 0 saturated carbocycles. The van der Waals surface area contributed by atoms with Gasteiger partial charge in [-0.15, -0.1) is 11.6 Å². The Hall–Kier alpha value is -1.61. The van der Waals surface area contributed by atoms with Crippen molar-refractivity contribution in [3.05, 3.63) is 47.9 Å². The van der Waals surface area contributed by atoms with Crippen LogP contribution in [0, 0.1) is 5.92 Å². The van der Waals surface area contributed by atoms with E-state index in [4.69, 9.17) is 25.5 Å². The second-order valence-corrected chi connectivity index (χ2v) is 5.29. The highest BCUT2D eigenvalue weighted by molar-refractivity contribution is 6.22. The quantitative estimate of drug-likeness (QED) is 0.778. The standard InChI is InChI=1S/C15H15ClO3/c1-10-7-18-13-3-2-11(6-14(13)19-8-10)15(16)12-4-5-17-9-12/h2-6,9-10,15H,7-8H2,1H3. The van der Waals surface area contributed by atoms with Gasteiger partial charge in [0, 0.05) is 11.5 Å². The van der Waals surface area contributed by atoms with E-state index in [1.54, 1.807) is 12.5 Å². The van der Waals surface area contributed by atoms with E-state index < -0.39 is 0 Å². The lowest BCUT2D eigenvalue weighted by Crippen LogP contribution is -2.12. The second kappa shape index (κ2) is 5.17. The largest absolute Gasteiger partial charge is 0.489 e. The summed E-state index contributed by atoms with van der Waals surface area (Å²) in [5.41, 5.74) is 1.91. The molecule has 19 heavy (non-hydrogen) atoms. The van der Waals surface area contributed by atoms with Crippen LogP contribution < -0.4 is 9.47 Å². The van der Waals surface area contributed by atoms with Crippen molar-refractivity contribution in [1.82, 2.24) is 0 Å². The number of fused-ring (bicyclic) bond motifs is 1. The monoisotopic (exact) mass is 278 g/mol. The van der Waals surface area contributed by atoms with Gasteiger partial charge in [0.25, 0.3) is 0 Å². The Balaban J connectivity index is 1.89. The van der Waals surface area contributed by atoms with Gasteiger partial charge in [0.15, 0.2) is 11.5 Å². The van der Waals surface area contributed by atoms with E-state index in [0.29, 0.717) is 19.1 Å². The third kappa shape index (κ3) is 2.56. The minimum absolute atomic E-state index is 0.242. The molecule has 1 aromatic carbocycles. The molecular formula is C15H15ClO3. The number of hydrogen-bond donors (Lipinski definition) is 0. The molecule has 2 unspecified atom stereocenters. The fourth-order valence-corrected chi connectivity index (χ4v) is 2.30. The average Bonchev–Trinajstić information content (AvgIpc) is 2.90. The third-order valence-electron chi connectivity index (χ3n) is 3.14. The molecule has 0 saturated heterocycles. The number of ether oxygens (including phenoxy) is 2. The fraction of sp³-hybridized carbons (Fsp3) is 0.333. The normalized spacial score (nSPS) is 19.8. The predicted molar refractivity (Wildman–Crippen MR) is 73.0 cm³/mol. The molecule has 0 fully saturated rings. The summed E-state index contributed by atoms with van der Waals surface area (Å²) in [5, 5.41) is -0.242. The molecule has 0 aliphatic carbocycles. The molecule has 2 atom stereocenters. The van der Waals surface area contributed by atoms with Crippen LogP contribution in [0.15, 0.2) is 41.2 Å². The van der Waals surface area contributed by atoms with Crippen LogP contribution in [0.4, 0.5) is 0 Å². The van der Waals surface area contributed by atoms with Crippen molar-refractivity contribution in [1.29, 1.82) is 0 Å². The van der Waals surface area contributed by atoms with E-state index in [0.717, 1.165) is 22.6 Å². The van der Waals surface area contributed by atoms with Crippen molar-refractivity contribution in [2.45, 2.75) is 12.3 Å². The average molecular weight is 279 g/mol. The highest BCUT2D eigenvalue weighted by Gasteiger charge is 2.18. The zero-order chi connectivity index (χ0) is 13.2. The summed E-state index contributed by atoms with van der Waals surface area (Å²) in [5.74, 6) is 1.93. The van der Waals surface area contributed by atoms with E-state index in [-0.39, 0.29) is 5.38 Å². The number of halogens is 1. The van der Waals surface area contributed by atoms with Gasteiger partial charge in [-0.3, -0.25) is 0 Å². The molecular weight excluding hydrogens is 264 g/mol. The van der Waals surface area contributed by atoms with Crippen LogP contribution in [-0.4, -0.2) is 13.2 Å². The van der Waals surface area contributed by atoms with Gasteiger partial charge in [-0.1, -0.05) is 13.0 Å². The molecule has 2 heterocycles. The summed E-state index contributed by atoms with van der Waals surface area (Å²) in [6, 6.07) is 7.68. The first-order chi connectivity index (χ1) is 9.24. The SMILES string of the molecule is CC1COc2ccc(C(Cl)c3ccoc3)cc2OC1. The van der Waals surface area contributed by atoms with Gasteiger partial charge in [0.1, 0.15) is 0 Å². The van der Waals surface area contributed by atoms with Crippen LogP contribution in [0.25, 0.3) is 0 Å². The molecule has 100 valence electrons. The van der Waals surface area contributed by atoms with Crippen LogP contribution in [0.2, 0.25) is 0 Å². The Morgan fingerprint density at radius 2 is 1.89 bits per heavy atom. The predicted octanol–water partition coefficient (Wildman–Crippen LogP) is 4.02. The number of benzene rings is 1. The molecule has 0 amide bonds. The summed E-state index contributed by atoms with van der Waals surface area (Å²) in [4.78, 5) is 0. The number of rotatable bonds is 2. The molecule has 0 N–H and O–H groups in total. The van der Waals surface area contributed by atoms with Gasteiger partial charge in [-0.25, -0.2) is 0 Å². The molecule has 0 radical (unpaired) electrons. The van der Waals surface area contributed by atoms with Crippen molar-refractivity contribution in [3.8, 4) is 11.5 Å². The zero-order valence-electron chi connectivity index (χ0n) is 10.6. The van der Waals surface area contributed by atoms with Crippen molar-refractivity contribution < 1.29 is 13.9 Å². The Bertz CT molecular complexity index is 551. The lowest BCUT2D eigenvalue weighted by molar-refractivity contribution is 0.228. The van der Waals surface area contributed by atoms with Gasteiger partial charge in [-0.05, 0) is 23.8 Å². The Kier molecular flexibility index (Phi) is 3.38. The highest BCUT2D eigenvalue weighted by atomic mass is 35.5. The Morgan fingerprint density at radius 1 is 1.11 bits per heavy atom. The zero-order valence-corrected chi connectivity index (χ0v) is 11.4. The van der Waals surface area contributed by atoms with Gasteiger partial charge >= 0.3 is 0 Å². The molecule has 4 heteroatoms. The highest BCUT2D eigenvalue weighted by Crippen LogP contribution is 2.37. The third-order valence-corrected chi connectivity index (χ3v) is 3.65. The van der Waals surface area contributed by atoms with E-state index in [1.165, 1.54) is 0 Å². The lowest BCUT2D eigenvalue weighted by Gasteiger charge is -2.12. The van der Waals surface area contributed by atoms with Crippen LogP contribution in [0.1, 0.15) is 23.4 Å². The van der Waals surface area contributed by atoms with Crippen molar-refractivity contribution in [3.63, 3.8) is 0 Å². The van der Waals surface area contributed by atoms with E-state index in [1.807, 2.05) is 24.3 Å². The summed E-state index contributed by atoms with van der Waals surface area (Å²) in [7, 11) is 0. The first-order valence-electron chi connectivity index (χ1n) is 6.30.